The van der Waals surface area contributed by atoms with Crippen molar-refractivity contribution in [3.05, 3.63) is 28.0 Å². The number of nitrogens with zero attached hydrogens (tertiary/aromatic N) is 1. The van der Waals surface area contributed by atoms with E-state index in [9.17, 15) is 4.79 Å². The molecular weight excluding hydrogens is 253 g/mol. The molecule has 0 amide bonds. The van der Waals surface area contributed by atoms with E-state index in [1.807, 2.05) is 0 Å². The number of carbonyl (C=O) groups excluding carboxylic acids is 1. The van der Waals surface area contributed by atoms with E-state index in [1.54, 1.807) is 12.3 Å². The number of hydrogen-bond acceptors (Lipinski definition) is 3. The van der Waals surface area contributed by atoms with Crippen molar-refractivity contribution in [1.82, 2.24) is 4.98 Å². The smallest absolute Gasteiger partial charge is 0.186 e. The van der Waals surface area contributed by atoms with Gasteiger partial charge >= 0.3 is 0 Å². The molecule has 1 heterocycles. The number of aromatic nitrogens is 1. The molecular formula is C10H7Cl2NOS. The summed E-state index contributed by atoms with van der Waals surface area (Å²) in [5.74, 6) is 6.14. The van der Waals surface area contributed by atoms with Gasteiger partial charge in [0.05, 0.1) is 10.8 Å². The van der Waals surface area contributed by atoms with Gasteiger partial charge in [-0.15, -0.1) is 0 Å². The molecule has 15 heavy (non-hydrogen) atoms. The zero-order valence-electron chi connectivity index (χ0n) is 7.88. The minimum Gasteiger partial charge on any atom is -0.288 e. The van der Waals surface area contributed by atoms with Crippen molar-refractivity contribution in [3.8, 4) is 11.8 Å². The van der Waals surface area contributed by atoms with Crippen LogP contribution in [0, 0.1) is 11.8 Å². The first-order chi connectivity index (χ1) is 7.09. The predicted molar refractivity (Wildman–Crippen MR) is 64.3 cm³/mol. The highest BCUT2D eigenvalue weighted by Gasteiger charge is 1.98. The molecule has 0 radical (unpaired) electrons. The number of carbonyl (C=O) groups is 1. The Balaban J connectivity index is 2.64. The van der Waals surface area contributed by atoms with Crippen LogP contribution in [0.2, 0.25) is 10.2 Å². The molecule has 1 rings (SSSR count). The summed E-state index contributed by atoms with van der Waals surface area (Å²) in [4.78, 5) is 14.4. The molecule has 0 aromatic carbocycles. The molecule has 0 N–H and O–H groups in total. The van der Waals surface area contributed by atoms with E-state index >= 15 is 0 Å². The third-order valence-corrected chi connectivity index (χ3v) is 2.76. The Morgan fingerprint density at radius 2 is 2.33 bits per heavy atom. The van der Waals surface area contributed by atoms with Crippen molar-refractivity contribution < 1.29 is 4.79 Å². The van der Waals surface area contributed by atoms with Gasteiger partial charge < -0.3 is 0 Å². The molecule has 0 spiro atoms. The summed E-state index contributed by atoms with van der Waals surface area (Å²) in [6.07, 6.45) is 1.54. The van der Waals surface area contributed by atoms with Gasteiger partial charge in [-0.05, 0) is 6.07 Å². The van der Waals surface area contributed by atoms with Gasteiger partial charge in [-0.2, -0.15) is 0 Å². The van der Waals surface area contributed by atoms with E-state index < -0.39 is 0 Å². The third-order valence-electron chi connectivity index (χ3n) is 1.38. The Kier molecular flexibility index (Phi) is 4.97. The van der Waals surface area contributed by atoms with Crippen LogP contribution in [-0.4, -0.2) is 15.9 Å². The Morgan fingerprint density at radius 1 is 1.60 bits per heavy atom. The zero-order chi connectivity index (χ0) is 11.3. The largest absolute Gasteiger partial charge is 0.288 e. The average molecular weight is 260 g/mol. The molecule has 0 bridgehead atoms. The molecule has 0 saturated heterocycles. The van der Waals surface area contributed by atoms with Crippen LogP contribution in [0.1, 0.15) is 12.5 Å². The summed E-state index contributed by atoms with van der Waals surface area (Å²) in [6.45, 7) is 1.51. The van der Waals surface area contributed by atoms with E-state index in [1.165, 1.54) is 18.7 Å². The van der Waals surface area contributed by atoms with Crippen LogP contribution in [0.15, 0.2) is 12.3 Å². The van der Waals surface area contributed by atoms with Crippen LogP contribution in [0.4, 0.5) is 0 Å². The molecule has 5 heteroatoms. The van der Waals surface area contributed by atoms with E-state index in [2.05, 4.69) is 16.8 Å². The second kappa shape index (κ2) is 6.02. The predicted octanol–water partition coefficient (Wildman–Crippen LogP) is 3.02. The quantitative estimate of drug-likeness (QED) is 0.574. The van der Waals surface area contributed by atoms with Crippen molar-refractivity contribution in [1.29, 1.82) is 0 Å². The molecule has 0 aliphatic heterocycles. The summed E-state index contributed by atoms with van der Waals surface area (Å²) in [5.41, 5.74) is 0.688. The number of rotatable bonds is 1. The van der Waals surface area contributed by atoms with Gasteiger partial charge in [0.15, 0.2) is 5.12 Å². The minimum atomic E-state index is 0.0524. The standard InChI is InChI=1S/C10H7Cl2NOS/c1-7(14)15-4-2-3-8-5-9(11)10(12)13-6-8/h5-6H,4H2,1H3. The second-order valence-electron chi connectivity index (χ2n) is 2.58. The second-order valence-corrected chi connectivity index (χ2v) is 4.50. The highest BCUT2D eigenvalue weighted by Crippen LogP contribution is 2.19. The lowest BCUT2D eigenvalue weighted by atomic mass is 10.3. The van der Waals surface area contributed by atoms with Gasteiger partial charge in [-0.25, -0.2) is 4.98 Å². The van der Waals surface area contributed by atoms with E-state index in [0.29, 0.717) is 16.3 Å². The molecule has 0 atom stereocenters. The normalized spacial score (nSPS) is 9.27. The number of thioether (sulfide) groups is 1. The van der Waals surface area contributed by atoms with Crippen molar-refractivity contribution in [2.24, 2.45) is 0 Å². The summed E-state index contributed by atoms with van der Waals surface area (Å²) in [5, 5.41) is 0.694. The van der Waals surface area contributed by atoms with E-state index in [-0.39, 0.29) is 10.3 Å². The Bertz CT molecular complexity index is 437. The van der Waals surface area contributed by atoms with Crippen LogP contribution in [0.3, 0.4) is 0 Å². The van der Waals surface area contributed by atoms with Crippen LogP contribution in [0.5, 0.6) is 0 Å². The fraction of sp³-hybridized carbons (Fsp3) is 0.200. The number of pyridine rings is 1. The van der Waals surface area contributed by atoms with Gasteiger partial charge in [0.25, 0.3) is 0 Å². The van der Waals surface area contributed by atoms with Crippen LogP contribution in [-0.2, 0) is 4.79 Å². The summed E-state index contributed by atoms with van der Waals surface area (Å²) in [6, 6.07) is 1.64. The first kappa shape index (κ1) is 12.4. The van der Waals surface area contributed by atoms with Gasteiger partial charge in [0.1, 0.15) is 5.15 Å². The van der Waals surface area contributed by atoms with Crippen molar-refractivity contribution in [2.45, 2.75) is 6.92 Å². The lowest BCUT2D eigenvalue weighted by Gasteiger charge is -1.93. The lowest BCUT2D eigenvalue weighted by molar-refractivity contribution is -0.109. The van der Waals surface area contributed by atoms with E-state index in [4.69, 9.17) is 23.2 Å². The first-order valence-electron chi connectivity index (χ1n) is 4.03. The van der Waals surface area contributed by atoms with Gasteiger partial charge in [0, 0.05) is 18.7 Å². The number of halogens is 2. The molecule has 0 fully saturated rings. The molecule has 0 aliphatic rings. The van der Waals surface area contributed by atoms with Crippen molar-refractivity contribution >= 4 is 40.1 Å². The SMILES string of the molecule is CC(=O)SCC#Cc1cnc(Cl)c(Cl)c1. The van der Waals surface area contributed by atoms with Crippen molar-refractivity contribution in [3.63, 3.8) is 0 Å². The fourth-order valence-corrected chi connectivity index (χ4v) is 1.38. The Labute approximate surface area is 102 Å². The van der Waals surface area contributed by atoms with Crippen molar-refractivity contribution in [2.75, 3.05) is 5.75 Å². The third kappa shape index (κ3) is 4.57. The average Bonchev–Trinajstić information content (AvgIpc) is 2.18. The first-order valence-corrected chi connectivity index (χ1v) is 5.77. The zero-order valence-corrected chi connectivity index (χ0v) is 10.2. The summed E-state index contributed by atoms with van der Waals surface area (Å²) < 4.78 is 0. The van der Waals surface area contributed by atoms with Gasteiger partial charge in [-0.3, -0.25) is 4.79 Å². The van der Waals surface area contributed by atoms with Gasteiger partial charge in [0.2, 0.25) is 0 Å². The molecule has 0 unspecified atom stereocenters. The monoisotopic (exact) mass is 259 g/mol. The maximum Gasteiger partial charge on any atom is 0.186 e. The van der Waals surface area contributed by atoms with Crippen LogP contribution < -0.4 is 0 Å². The maximum absolute atomic E-state index is 10.6. The highest BCUT2D eigenvalue weighted by molar-refractivity contribution is 8.13. The minimum absolute atomic E-state index is 0.0524. The fourth-order valence-electron chi connectivity index (χ4n) is 0.765. The van der Waals surface area contributed by atoms with Gasteiger partial charge in [-0.1, -0.05) is 46.8 Å². The van der Waals surface area contributed by atoms with Crippen LogP contribution >= 0.6 is 35.0 Å². The molecule has 78 valence electrons. The number of hydrogen-bond donors (Lipinski definition) is 0. The summed E-state index contributed by atoms with van der Waals surface area (Å²) in [7, 11) is 0. The molecule has 0 aliphatic carbocycles. The topological polar surface area (TPSA) is 30.0 Å². The van der Waals surface area contributed by atoms with Crippen LogP contribution in [0.25, 0.3) is 0 Å². The van der Waals surface area contributed by atoms with E-state index in [0.717, 1.165) is 0 Å². The Morgan fingerprint density at radius 3 is 2.93 bits per heavy atom. The lowest BCUT2D eigenvalue weighted by Crippen LogP contribution is -1.83. The molecule has 0 saturated carbocycles. The summed E-state index contributed by atoms with van der Waals surface area (Å²) >= 11 is 12.6. The molecule has 1 aromatic heterocycles. The maximum atomic E-state index is 10.6. The molecule has 2 nitrogen and oxygen atoms in total. The Hall–Kier alpha value is -0.690. The molecule has 1 aromatic rings. The highest BCUT2D eigenvalue weighted by atomic mass is 35.5.